The molecule has 0 radical (unpaired) electrons. The highest BCUT2D eigenvalue weighted by Gasteiger charge is 2.33. The largest absolute Gasteiger partial charge is 0.545 e. The number of alkyl halides is 3. The van der Waals surface area contributed by atoms with Crippen molar-refractivity contribution >= 4 is 29.3 Å². The Bertz CT molecular complexity index is 762. The van der Waals surface area contributed by atoms with E-state index in [0.717, 1.165) is 23.9 Å². The molecule has 1 N–H and O–H groups in total. The fourth-order valence-corrected chi connectivity index (χ4v) is 2.77. The molecule has 2 aromatic carbocycles. The maximum atomic E-state index is 12.9. The van der Waals surface area contributed by atoms with Crippen LogP contribution in [0.15, 0.2) is 53.4 Å². The topological polar surface area (TPSA) is 69.2 Å². The van der Waals surface area contributed by atoms with Gasteiger partial charge in [0.25, 0.3) is 0 Å². The molecule has 0 spiro atoms. The van der Waals surface area contributed by atoms with Gasteiger partial charge in [0.15, 0.2) is 0 Å². The molecule has 126 valence electrons. The van der Waals surface area contributed by atoms with Crippen molar-refractivity contribution in [2.75, 3.05) is 11.1 Å². The Kier molecular flexibility index (Phi) is 5.50. The van der Waals surface area contributed by atoms with Crippen LogP contribution in [0, 0.1) is 0 Å². The summed E-state index contributed by atoms with van der Waals surface area (Å²) < 4.78 is 38.6. The molecule has 0 aliphatic rings. The smallest absolute Gasteiger partial charge is 0.418 e. The van der Waals surface area contributed by atoms with Crippen LogP contribution in [0.2, 0.25) is 0 Å². The number of carboxylic acid groups (broad SMARTS) is 1. The Labute approximate surface area is 139 Å². The van der Waals surface area contributed by atoms with Crippen molar-refractivity contribution in [2.24, 2.45) is 0 Å². The lowest BCUT2D eigenvalue weighted by Gasteiger charge is -2.14. The first-order valence-electron chi connectivity index (χ1n) is 6.68. The van der Waals surface area contributed by atoms with Crippen molar-refractivity contribution in [3.05, 3.63) is 59.7 Å². The predicted molar refractivity (Wildman–Crippen MR) is 81.6 cm³/mol. The lowest BCUT2D eigenvalue weighted by Crippen LogP contribution is -2.23. The van der Waals surface area contributed by atoms with E-state index in [1.807, 2.05) is 0 Å². The van der Waals surface area contributed by atoms with E-state index in [0.29, 0.717) is 4.90 Å². The second-order valence-electron chi connectivity index (χ2n) is 4.66. The number of rotatable bonds is 5. The van der Waals surface area contributed by atoms with Crippen molar-refractivity contribution in [2.45, 2.75) is 11.1 Å². The lowest BCUT2D eigenvalue weighted by atomic mass is 10.1. The van der Waals surface area contributed by atoms with Crippen molar-refractivity contribution < 1.29 is 27.9 Å². The van der Waals surface area contributed by atoms with Gasteiger partial charge < -0.3 is 15.2 Å². The molecule has 24 heavy (non-hydrogen) atoms. The van der Waals surface area contributed by atoms with Crippen LogP contribution in [-0.2, 0) is 11.0 Å². The van der Waals surface area contributed by atoms with Gasteiger partial charge in [-0.2, -0.15) is 13.2 Å². The highest BCUT2D eigenvalue weighted by Crippen LogP contribution is 2.34. The highest BCUT2D eigenvalue weighted by atomic mass is 32.2. The minimum Gasteiger partial charge on any atom is -0.545 e. The molecule has 2 rings (SSSR count). The van der Waals surface area contributed by atoms with Gasteiger partial charge in [-0.15, -0.1) is 11.8 Å². The third-order valence-electron chi connectivity index (χ3n) is 2.97. The molecular weight excluding hydrogens is 343 g/mol. The van der Waals surface area contributed by atoms with Crippen LogP contribution in [0.1, 0.15) is 15.9 Å². The summed E-state index contributed by atoms with van der Waals surface area (Å²) in [6.45, 7) is 0. The molecule has 1 amide bonds. The second kappa shape index (κ2) is 7.39. The molecule has 0 fully saturated rings. The number of halogens is 3. The number of anilines is 1. The van der Waals surface area contributed by atoms with Crippen LogP contribution in [0.4, 0.5) is 18.9 Å². The average Bonchev–Trinajstić information content (AvgIpc) is 2.52. The summed E-state index contributed by atoms with van der Waals surface area (Å²) in [6.07, 6.45) is -4.58. The van der Waals surface area contributed by atoms with E-state index in [2.05, 4.69) is 5.32 Å². The van der Waals surface area contributed by atoms with Crippen LogP contribution < -0.4 is 10.4 Å². The first kappa shape index (κ1) is 17.9. The number of carboxylic acids is 1. The summed E-state index contributed by atoms with van der Waals surface area (Å²) in [5.41, 5.74) is -1.37. The maximum absolute atomic E-state index is 12.9. The quantitative estimate of drug-likeness (QED) is 0.839. The van der Waals surface area contributed by atoms with Crippen LogP contribution in [0.3, 0.4) is 0 Å². The standard InChI is InChI=1S/C16H12F3NO3S/c17-16(18,19)11-6-2-3-7-12(11)20-14(21)9-24-13-8-4-1-5-10(13)15(22)23/h1-8H,9H2,(H,20,21)(H,22,23)/p-1. The first-order chi connectivity index (χ1) is 11.3. The summed E-state index contributed by atoms with van der Waals surface area (Å²) in [5.74, 6) is -2.30. The number of benzene rings is 2. The minimum absolute atomic E-state index is 0.0778. The van der Waals surface area contributed by atoms with Crippen LogP contribution in [0.25, 0.3) is 0 Å². The summed E-state index contributed by atoms with van der Waals surface area (Å²) >= 11 is 0.902. The predicted octanol–water partition coefficient (Wildman–Crippen LogP) is 2.80. The molecule has 0 aliphatic carbocycles. The van der Waals surface area contributed by atoms with Crippen molar-refractivity contribution in [3.8, 4) is 0 Å². The Morgan fingerprint density at radius 3 is 2.33 bits per heavy atom. The fourth-order valence-electron chi connectivity index (χ4n) is 1.93. The van der Waals surface area contributed by atoms with Gasteiger partial charge in [-0.3, -0.25) is 4.79 Å². The number of carbonyl (C=O) groups excluding carboxylic acids is 2. The van der Waals surface area contributed by atoms with Gasteiger partial charge in [-0.05, 0) is 18.2 Å². The minimum atomic E-state index is -4.58. The number of amides is 1. The van der Waals surface area contributed by atoms with E-state index in [-0.39, 0.29) is 17.0 Å². The molecule has 0 unspecified atom stereocenters. The van der Waals surface area contributed by atoms with E-state index in [4.69, 9.17) is 0 Å². The summed E-state index contributed by atoms with van der Waals surface area (Å²) in [7, 11) is 0. The Morgan fingerprint density at radius 2 is 1.67 bits per heavy atom. The van der Waals surface area contributed by atoms with Crippen LogP contribution in [-0.4, -0.2) is 17.6 Å². The molecule has 0 atom stereocenters. The van der Waals surface area contributed by atoms with Crippen molar-refractivity contribution in [3.63, 3.8) is 0 Å². The van der Waals surface area contributed by atoms with Gasteiger partial charge in [0.05, 0.1) is 23.0 Å². The number of thioether (sulfide) groups is 1. The summed E-state index contributed by atoms with van der Waals surface area (Å²) in [6, 6.07) is 10.5. The monoisotopic (exact) mass is 354 g/mol. The van der Waals surface area contributed by atoms with Crippen molar-refractivity contribution in [1.29, 1.82) is 0 Å². The van der Waals surface area contributed by atoms with Crippen LogP contribution >= 0.6 is 11.8 Å². The molecule has 0 aromatic heterocycles. The molecule has 2 aromatic rings. The Morgan fingerprint density at radius 1 is 1.04 bits per heavy atom. The average molecular weight is 354 g/mol. The maximum Gasteiger partial charge on any atom is 0.418 e. The summed E-state index contributed by atoms with van der Waals surface area (Å²) in [5, 5.41) is 13.2. The third-order valence-corrected chi connectivity index (χ3v) is 4.05. The zero-order valence-electron chi connectivity index (χ0n) is 12.1. The van der Waals surface area contributed by atoms with Gasteiger partial charge in [-0.25, -0.2) is 0 Å². The van der Waals surface area contributed by atoms with E-state index in [1.54, 1.807) is 6.07 Å². The summed E-state index contributed by atoms with van der Waals surface area (Å²) in [4.78, 5) is 23.1. The number of hydrogen-bond donors (Lipinski definition) is 1. The molecular formula is C16H11F3NO3S-. The fraction of sp³-hybridized carbons (Fsp3) is 0.125. The molecule has 4 nitrogen and oxygen atoms in total. The molecule has 0 aliphatic heterocycles. The van der Waals surface area contributed by atoms with Crippen molar-refractivity contribution in [1.82, 2.24) is 0 Å². The molecule has 0 saturated carbocycles. The van der Waals surface area contributed by atoms with E-state index in [9.17, 15) is 27.9 Å². The van der Waals surface area contributed by atoms with E-state index >= 15 is 0 Å². The third kappa shape index (κ3) is 4.51. The number of hydrogen-bond acceptors (Lipinski definition) is 4. The zero-order chi connectivity index (χ0) is 17.7. The van der Waals surface area contributed by atoms with Gasteiger partial charge in [-0.1, -0.05) is 30.3 Å². The molecule has 0 saturated heterocycles. The number of aromatic carboxylic acids is 1. The molecule has 0 bridgehead atoms. The normalized spacial score (nSPS) is 11.1. The van der Waals surface area contributed by atoms with Crippen LogP contribution in [0.5, 0.6) is 0 Å². The van der Waals surface area contributed by atoms with Gasteiger partial charge in [0.1, 0.15) is 0 Å². The lowest BCUT2D eigenvalue weighted by molar-refractivity contribution is -0.255. The van der Waals surface area contributed by atoms with Gasteiger partial charge >= 0.3 is 6.18 Å². The molecule has 0 heterocycles. The highest BCUT2D eigenvalue weighted by molar-refractivity contribution is 8.00. The Hall–Kier alpha value is -2.48. The second-order valence-corrected chi connectivity index (χ2v) is 5.68. The van der Waals surface area contributed by atoms with E-state index in [1.165, 1.54) is 30.3 Å². The van der Waals surface area contributed by atoms with E-state index < -0.39 is 23.6 Å². The number of para-hydroxylation sites is 1. The number of carbonyl (C=O) groups is 2. The Balaban J connectivity index is 2.07. The molecule has 8 heteroatoms. The van der Waals surface area contributed by atoms with Gasteiger partial charge in [0.2, 0.25) is 5.91 Å². The first-order valence-corrected chi connectivity index (χ1v) is 7.67. The zero-order valence-corrected chi connectivity index (χ0v) is 12.9. The van der Waals surface area contributed by atoms with Gasteiger partial charge in [0, 0.05) is 10.5 Å². The number of nitrogens with one attached hydrogen (secondary N) is 1. The SMILES string of the molecule is O=C(CSc1ccccc1C(=O)[O-])Nc1ccccc1C(F)(F)F.